The third-order valence-electron chi connectivity index (χ3n) is 4.23. The van der Waals surface area contributed by atoms with Crippen LogP contribution in [0.2, 0.25) is 0 Å². The standard InChI is InChI=1S/C22H16O12S/c1-35(30,31)34-17-7-3-5-15(24)19(17)33-22(29)13-9-11(20(26)27)8-12(10-13)21(28)32-16-6-2-4-14(23)18(16)25/h2-10,23-25H,1H3,(H,26,27). The predicted molar refractivity (Wildman–Crippen MR) is 117 cm³/mol. The maximum atomic E-state index is 12.7. The Balaban J connectivity index is 1.97. The molecule has 0 atom stereocenters. The number of para-hydroxylation sites is 2. The minimum atomic E-state index is -4.07. The van der Waals surface area contributed by atoms with Crippen molar-refractivity contribution in [3.05, 3.63) is 71.3 Å². The second kappa shape index (κ2) is 9.61. The van der Waals surface area contributed by atoms with Crippen LogP contribution in [0, 0.1) is 0 Å². The summed E-state index contributed by atoms with van der Waals surface area (Å²) in [6, 6.07) is 9.63. The van der Waals surface area contributed by atoms with Crippen LogP contribution in [0.5, 0.6) is 34.5 Å². The van der Waals surface area contributed by atoms with Gasteiger partial charge in [-0.1, -0.05) is 12.1 Å². The molecule has 3 aromatic carbocycles. The van der Waals surface area contributed by atoms with E-state index in [0.717, 1.165) is 48.7 Å². The van der Waals surface area contributed by atoms with Gasteiger partial charge in [0, 0.05) is 0 Å². The molecular formula is C22H16O12S. The number of hydrogen-bond donors (Lipinski definition) is 4. The van der Waals surface area contributed by atoms with Crippen LogP contribution in [0.25, 0.3) is 0 Å². The molecule has 0 unspecified atom stereocenters. The van der Waals surface area contributed by atoms with Crippen LogP contribution in [0.1, 0.15) is 31.1 Å². The van der Waals surface area contributed by atoms with E-state index in [1.165, 1.54) is 12.1 Å². The Morgan fingerprint density at radius 1 is 0.743 bits per heavy atom. The average Bonchev–Trinajstić information content (AvgIpc) is 2.77. The van der Waals surface area contributed by atoms with Gasteiger partial charge in [0.1, 0.15) is 0 Å². The van der Waals surface area contributed by atoms with Crippen LogP contribution >= 0.6 is 0 Å². The molecule has 3 rings (SSSR count). The van der Waals surface area contributed by atoms with Crippen molar-refractivity contribution >= 4 is 28.0 Å². The number of ether oxygens (including phenoxy) is 2. The normalized spacial score (nSPS) is 10.9. The summed E-state index contributed by atoms with van der Waals surface area (Å²) in [5.41, 5.74) is -1.44. The fraction of sp³-hybridized carbons (Fsp3) is 0.0455. The van der Waals surface area contributed by atoms with Gasteiger partial charge in [-0.2, -0.15) is 8.42 Å². The van der Waals surface area contributed by atoms with Crippen LogP contribution in [0.4, 0.5) is 0 Å². The van der Waals surface area contributed by atoms with Crippen LogP contribution < -0.4 is 13.7 Å². The van der Waals surface area contributed by atoms with Gasteiger partial charge < -0.3 is 34.1 Å². The van der Waals surface area contributed by atoms with Crippen molar-refractivity contribution in [2.45, 2.75) is 0 Å². The molecule has 3 aromatic rings. The monoisotopic (exact) mass is 504 g/mol. The Morgan fingerprint density at radius 3 is 1.83 bits per heavy atom. The number of carbonyl (C=O) groups is 3. The molecule has 0 amide bonds. The van der Waals surface area contributed by atoms with E-state index in [4.69, 9.17) is 9.47 Å². The summed E-state index contributed by atoms with van der Waals surface area (Å²) in [7, 11) is -4.07. The highest BCUT2D eigenvalue weighted by Gasteiger charge is 2.23. The van der Waals surface area contributed by atoms with Crippen molar-refractivity contribution < 1.29 is 56.9 Å². The maximum absolute atomic E-state index is 12.7. The van der Waals surface area contributed by atoms with E-state index in [9.17, 15) is 43.2 Å². The molecule has 13 heteroatoms. The van der Waals surface area contributed by atoms with Crippen molar-refractivity contribution in [1.82, 2.24) is 0 Å². The van der Waals surface area contributed by atoms with Gasteiger partial charge in [0.15, 0.2) is 23.0 Å². The first kappa shape index (κ1) is 24.9. The predicted octanol–water partition coefficient (Wildman–Crippen LogP) is 2.28. The topological polar surface area (TPSA) is 194 Å². The summed E-state index contributed by atoms with van der Waals surface area (Å²) in [4.78, 5) is 36.8. The number of aromatic carboxylic acids is 1. The quantitative estimate of drug-likeness (QED) is 0.159. The lowest BCUT2D eigenvalue weighted by molar-refractivity contribution is 0.0696. The third-order valence-corrected chi connectivity index (χ3v) is 4.71. The number of benzene rings is 3. The van der Waals surface area contributed by atoms with Gasteiger partial charge in [-0.15, -0.1) is 0 Å². The smallest absolute Gasteiger partial charge is 0.343 e. The highest BCUT2D eigenvalue weighted by molar-refractivity contribution is 7.86. The van der Waals surface area contributed by atoms with Gasteiger partial charge in [0.2, 0.25) is 11.5 Å². The third kappa shape index (κ3) is 5.97. The molecule has 4 N–H and O–H groups in total. The number of phenols is 3. The Bertz CT molecular complexity index is 1440. The summed E-state index contributed by atoms with van der Waals surface area (Å²) in [6.07, 6.45) is 0.723. The average molecular weight is 504 g/mol. The first-order valence-electron chi connectivity index (χ1n) is 9.41. The molecule has 0 aliphatic rings. The molecule has 0 spiro atoms. The molecule has 35 heavy (non-hydrogen) atoms. The van der Waals surface area contributed by atoms with E-state index < -0.39 is 79.2 Å². The zero-order valence-corrected chi connectivity index (χ0v) is 18.5. The van der Waals surface area contributed by atoms with Crippen LogP contribution in [0.15, 0.2) is 54.6 Å². The fourth-order valence-corrected chi connectivity index (χ4v) is 3.18. The van der Waals surface area contributed by atoms with Gasteiger partial charge >= 0.3 is 28.0 Å². The lowest BCUT2D eigenvalue weighted by atomic mass is 10.1. The highest BCUT2D eigenvalue weighted by atomic mass is 32.2. The molecule has 0 bridgehead atoms. The molecule has 0 saturated heterocycles. The lowest BCUT2D eigenvalue weighted by Crippen LogP contribution is -2.15. The first-order chi connectivity index (χ1) is 16.4. The number of carbonyl (C=O) groups excluding carboxylic acids is 2. The van der Waals surface area contributed by atoms with Gasteiger partial charge in [-0.3, -0.25) is 0 Å². The second-order valence-corrected chi connectivity index (χ2v) is 8.47. The minimum Gasteiger partial charge on any atom is -0.504 e. The summed E-state index contributed by atoms with van der Waals surface area (Å²) in [5.74, 6) is -7.58. The van der Waals surface area contributed by atoms with Crippen molar-refractivity contribution in [1.29, 1.82) is 0 Å². The summed E-state index contributed by atoms with van der Waals surface area (Å²) < 4.78 is 37.6. The summed E-state index contributed by atoms with van der Waals surface area (Å²) >= 11 is 0. The molecule has 0 heterocycles. The molecular weight excluding hydrogens is 488 g/mol. The largest absolute Gasteiger partial charge is 0.504 e. The van der Waals surface area contributed by atoms with E-state index in [0.29, 0.717) is 0 Å². The van der Waals surface area contributed by atoms with E-state index in [1.807, 2.05) is 0 Å². The van der Waals surface area contributed by atoms with Crippen LogP contribution in [-0.2, 0) is 10.1 Å². The number of aromatic hydroxyl groups is 3. The zero-order valence-electron chi connectivity index (χ0n) is 17.7. The summed E-state index contributed by atoms with van der Waals surface area (Å²) in [5, 5.41) is 38.7. The number of carboxylic acids is 1. The molecule has 12 nitrogen and oxygen atoms in total. The fourth-order valence-electron chi connectivity index (χ4n) is 2.73. The number of rotatable bonds is 7. The lowest BCUT2D eigenvalue weighted by Gasteiger charge is -2.12. The summed E-state index contributed by atoms with van der Waals surface area (Å²) in [6.45, 7) is 0. The Hall–Kier alpha value is -4.78. The van der Waals surface area contributed by atoms with E-state index >= 15 is 0 Å². The second-order valence-electron chi connectivity index (χ2n) is 6.90. The molecule has 0 aliphatic heterocycles. The molecule has 0 radical (unpaired) electrons. The van der Waals surface area contributed by atoms with Crippen LogP contribution in [0.3, 0.4) is 0 Å². The SMILES string of the molecule is CS(=O)(=O)Oc1cccc(O)c1OC(=O)c1cc(C(=O)O)cc(C(=O)Oc2cccc(O)c2O)c1. The van der Waals surface area contributed by atoms with Crippen molar-refractivity contribution in [3.8, 4) is 34.5 Å². The van der Waals surface area contributed by atoms with Gasteiger partial charge in [-0.25, -0.2) is 14.4 Å². The van der Waals surface area contributed by atoms with E-state index in [1.54, 1.807) is 0 Å². The van der Waals surface area contributed by atoms with Crippen molar-refractivity contribution in [2.24, 2.45) is 0 Å². The highest BCUT2D eigenvalue weighted by Crippen LogP contribution is 2.38. The van der Waals surface area contributed by atoms with Gasteiger partial charge in [0.25, 0.3) is 0 Å². The number of hydrogen-bond acceptors (Lipinski definition) is 11. The van der Waals surface area contributed by atoms with E-state index in [2.05, 4.69) is 4.18 Å². The van der Waals surface area contributed by atoms with Crippen molar-refractivity contribution in [2.75, 3.05) is 6.26 Å². The number of phenolic OH excluding ortho intramolecular Hbond substituents is 3. The minimum absolute atomic E-state index is 0.434. The Kier molecular flexibility index (Phi) is 6.82. The van der Waals surface area contributed by atoms with E-state index in [-0.39, 0.29) is 0 Å². The number of esters is 2. The van der Waals surface area contributed by atoms with Crippen LogP contribution in [-0.4, -0.2) is 53.0 Å². The number of carboxylic acid groups (broad SMARTS) is 1. The molecule has 0 aliphatic carbocycles. The Labute approximate surface area is 197 Å². The molecule has 182 valence electrons. The first-order valence-corrected chi connectivity index (χ1v) is 11.2. The van der Waals surface area contributed by atoms with Gasteiger partial charge in [0.05, 0.1) is 22.9 Å². The molecule has 0 fully saturated rings. The maximum Gasteiger partial charge on any atom is 0.343 e. The molecule has 0 saturated carbocycles. The zero-order chi connectivity index (χ0) is 25.9. The van der Waals surface area contributed by atoms with Gasteiger partial charge in [-0.05, 0) is 42.5 Å². The Morgan fingerprint density at radius 2 is 1.26 bits per heavy atom. The molecule has 0 aromatic heterocycles. The van der Waals surface area contributed by atoms with Crippen molar-refractivity contribution in [3.63, 3.8) is 0 Å².